The first-order valence-corrected chi connectivity index (χ1v) is 9.00. The van der Waals surface area contributed by atoms with Gasteiger partial charge in [0.25, 0.3) is 5.91 Å². The minimum absolute atomic E-state index is 0.162. The van der Waals surface area contributed by atoms with E-state index >= 15 is 0 Å². The number of aliphatic hydroxyl groups is 1. The summed E-state index contributed by atoms with van der Waals surface area (Å²) in [6, 6.07) is 12.2. The van der Waals surface area contributed by atoms with Gasteiger partial charge in [-0.25, -0.2) is 5.43 Å². The minimum Gasteiger partial charge on any atom is -0.378 e. The van der Waals surface area contributed by atoms with Crippen molar-refractivity contribution >= 4 is 23.2 Å². The molecule has 0 unspecified atom stereocenters. The Hall–Kier alpha value is -3.48. The molecule has 0 aliphatic heterocycles. The fourth-order valence-corrected chi connectivity index (χ4v) is 2.38. The van der Waals surface area contributed by atoms with Crippen LogP contribution >= 0.6 is 0 Å². The summed E-state index contributed by atoms with van der Waals surface area (Å²) in [7, 11) is 0. The minimum atomic E-state index is -6.64. The van der Waals surface area contributed by atoms with E-state index in [0.717, 1.165) is 12.1 Å². The molecular weight excluding hydrogens is 463 g/mol. The van der Waals surface area contributed by atoms with Crippen molar-refractivity contribution in [3.8, 4) is 0 Å². The Morgan fingerprint density at radius 2 is 1.45 bits per heavy atom. The van der Waals surface area contributed by atoms with Crippen LogP contribution in [0.1, 0.15) is 24.2 Å². The van der Waals surface area contributed by atoms with Gasteiger partial charge in [0.1, 0.15) is 0 Å². The normalized spacial score (nSPS) is 13.9. The molecule has 178 valence electrons. The summed E-state index contributed by atoms with van der Waals surface area (Å²) in [5.74, 6) is -16.3. The molecule has 13 heteroatoms. The van der Waals surface area contributed by atoms with Crippen molar-refractivity contribution in [1.82, 2.24) is 5.43 Å². The Labute approximate surface area is 182 Å². The van der Waals surface area contributed by atoms with Crippen LogP contribution in [0.3, 0.4) is 0 Å². The zero-order valence-corrected chi connectivity index (χ0v) is 16.6. The molecule has 33 heavy (non-hydrogen) atoms. The van der Waals surface area contributed by atoms with Crippen molar-refractivity contribution in [2.24, 2.45) is 5.10 Å². The highest BCUT2D eigenvalue weighted by molar-refractivity contribution is 6.01. The Bertz CT molecular complexity index is 1020. The first-order valence-electron chi connectivity index (χ1n) is 9.00. The molecule has 0 radical (unpaired) electrons. The van der Waals surface area contributed by atoms with Gasteiger partial charge in [0.2, 0.25) is 0 Å². The number of nitrogens with zero attached hydrogens (tertiary/aromatic N) is 1. The molecule has 0 aromatic heterocycles. The average molecular weight is 479 g/mol. The van der Waals surface area contributed by atoms with Crippen LogP contribution in [0.4, 0.5) is 36.4 Å². The monoisotopic (exact) mass is 479 g/mol. The molecule has 0 bridgehead atoms. The Morgan fingerprint density at radius 1 is 0.909 bits per heavy atom. The predicted octanol–water partition coefficient (Wildman–Crippen LogP) is 4.03. The van der Waals surface area contributed by atoms with Gasteiger partial charge in [-0.2, -0.15) is 35.8 Å². The maximum absolute atomic E-state index is 13.4. The van der Waals surface area contributed by atoms with Crippen LogP contribution in [0.2, 0.25) is 0 Å². The number of carbonyl (C=O) groups is 2. The lowest BCUT2D eigenvalue weighted by Gasteiger charge is -2.27. The number of halogens is 7. The van der Waals surface area contributed by atoms with Crippen molar-refractivity contribution in [3.63, 3.8) is 0 Å². The number of anilines is 1. The zero-order chi connectivity index (χ0) is 25.0. The molecule has 2 amide bonds. The van der Waals surface area contributed by atoms with Crippen molar-refractivity contribution < 1.29 is 45.4 Å². The van der Waals surface area contributed by atoms with Crippen LogP contribution < -0.4 is 10.7 Å². The quantitative estimate of drug-likeness (QED) is 0.318. The molecule has 0 aliphatic rings. The van der Waals surface area contributed by atoms with Gasteiger partial charge in [-0.05, 0) is 30.2 Å². The number of hydrazone groups is 1. The molecular formula is C20H16F7N3O3. The predicted molar refractivity (Wildman–Crippen MR) is 103 cm³/mol. The third-order valence-electron chi connectivity index (χ3n) is 4.29. The fraction of sp³-hybridized carbons (Fsp3) is 0.250. The van der Waals surface area contributed by atoms with Crippen LogP contribution in [-0.2, 0) is 9.59 Å². The average Bonchev–Trinajstić information content (AvgIpc) is 2.76. The van der Waals surface area contributed by atoms with Gasteiger partial charge in [-0.3, -0.25) is 9.59 Å². The summed E-state index contributed by atoms with van der Waals surface area (Å²) in [6.45, 7) is 1.42. The second-order valence-corrected chi connectivity index (χ2v) is 6.66. The summed E-state index contributed by atoms with van der Waals surface area (Å²) in [5, 5.41) is 15.0. The molecule has 2 rings (SSSR count). The molecule has 0 fully saturated rings. The maximum Gasteiger partial charge on any atom is 0.460 e. The molecule has 2 aromatic carbocycles. The van der Waals surface area contributed by atoms with Crippen LogP contribution in [0.25, 0.3) is 0 Å². The lowest BCUT2D eigenvalue weighted by molar-refractivity contribution is -0.343. The molecule has 0 saturated carbocycles. The third kappa shape index (κ3) is 5.66. The van der Waals surface area contributed by atoms with Gasteiger partial charge in [0.05, 0.1) is 5.71 Å². The highest BCUT2D eigenvalue weighted by Gasteiger charge is 2.76. The first kappa shape index (κ1) is 25.8. The topological polar surface area (TPSA) is 90.8 Å². The number of aliphatic hydroxyl groups excluding tert-OH is 1. The molecule has 6 nitrogen and oxygen atoms in total. The van der Waals surface area contributed by atoms with Crippen LogP contribution in [0.5, 0.6) is 0 Å². The molecule has 1 atom stereocenters. The maximum atomic E-state index is 13.4. The molecule has 0 spiro atoms. The van der Waals surface area contributed by atoms with Crippen molar-refractivity contribution in [2.45, 2.75) is 31.0 Å². The van der Waals surface area contributed by atoms with E-state index in [1.165, 1.54) is 36.5 Å². The SMILES string of the molecule is C/C(=N/NC(=O)[C@H](O)c1ccccc1)c1ccc(NC(=O)C(F)(F)C(F)(F)C(F)(F)F)cc1. The van der Waals surface area contributed by atoms with Gasteiger partial charge in [0, 0.05) is 5.69 Å². The van der Waals surface area contributed by atoms with E-state index in [-0.39, 0.29) is 11.3 Å². The summed E-state index contributed by atoms with van der Waals surface area (Å²) < 4.78 is 89.2. The zero-order valence-electron chi connectivity index (χ0n) is 16.6. The van der Waals surface area contributed by atoms with Gasteiger partial charge in [-0.15, -0.1) is 0 Å². The second-order valence-electron chi connectivity index (χ2n) is 6.66. The number of hydrogen-bond acceptors (Lipinski definition) is 4. The number of rotatable bonds is 7. The molecule has 0 saturated heterocycles. The lowest BCUT2D eigenvalue weighted by Crippen LogP contribution is -2.57. The number of hydrogen-bond donors (Lipinski definition) is 3. The molecule has 0 heterocycles. The van der Waals surface area contributed by atoms with Crippen LogP contribution in [-0.4, -0.2) is 40.7 Å². The van der Waals surface area contributed by atoms with Gasteiger partial charge >= 0.3 is 23.9 Å². The number of nitrogens with one attached hydrogen (secondary N) is 2. The fourth-order valence-electron chi connectivity index (χ4n) is 2.38. The standard InChI is InChI=1S/C20H16F7N3O3/c1-11(29-30-16(32)15(31)13-5-3-2-4-6-13)12-7-9-14(10-8-12)28-17(33)18(21,22)19(23,24)20(25,26)27/h2-10,15,31H,1H3,(H,28,33)(H,30,32)/b29-11-/t15-/m1/s1. The number of benzene rings is 2. The van der Waals surface area contributed by atoms with Gasteiger partial charge in [-0.1, -0.05) is 42.5 Å². The van der Waals surface area contributed by atoms with Crippen molar-refractivity contribution in [1.29, 1.82) is 0 Å². The summed E-state index contributed by atoms with van der Waals surface area (Å²) >= 11 is 0. The number of alkyl halides is 7. The highest BCUT2D eigenvalue weighted by atomic mass is 19.4. The van der Waals surface area contributed by atoms with E-state index in [9.17, 15) is 45.4 Å². The summed E-state index contributed by atoms with van der Waals surface area (Å²) in [6.07, 6.45) is -8.14. The molecule has 0 aliphatic carbocycles. The smallest absolute Gasteiger partial charge is 0.378 e. The van der Waals surface area contributed by atoms with E-state index in [1.807, 2.05) is 0 Å². The van der Waals surface area contributed by atoms with E-state index < -0.39 is 41.6 Å². The third-order valence-corrected chi connectivity index (χ3v) is 4.29. The Kier molecular flexibility index (Phi) is 7.47. The summed E-state index contributed by atoms with van der Waals surface area (Å²) in [5.41, 5.74) is 2.38. The number of carbonyl (C=O) groups excluding carboxylic acids is 2. The first-order chi connectivity index (χ1) is 15.2. The van der Waals surface area contributed by atoms with Crippen LogP contribution in [0, 0.1) is 0 Å². The number of amides is 2. The molecule has 3 N–H and O–H groups in total. The Balaban J connectivity index is 2.05. The van der Waals surface area contributed by atoms with Crippen molar-refractivity contribution in [2.75, 3.05) is 5.32 Å². The van der Waals surface area contributed by atoms with E-state index in [0.29, 0.717) is 5.56 Å². The van der Waals surface area contributed by atoms with Crippen LogP contribution in [0.15, 0.2) is 59.7 Å². The molecule has 2 aromatic rings. The lowest BCUT2D eigenvalue weighted by atomic mass is 10.1. The highest BCUT2D eigenvalue weighted by Crippen LogP contribution is 2.46. The van der Waals surface area contributed by atoms with Crippen molar-refractivity contribution in [3.05, 3.63) is 65.7 Å². The van der Waals surface area contributed by atoms with Gasteiger partial charge < -0.3 is 10.4 Å². The summed E-state index contributed by atoms with van der Waals surface area (Å²) in [4.78, 5) is 23.3. The largest absolute Gasteiger partial charge is 0.460 e. The van der Waals surface area contributed by atoms with E-state index in [4.69, 9.17) is 0 Å². The van der Waals surface area contributed by atoms with Gasteiger partial charge in [0.15, 0.2) is 6.10 Å². The van der Waals surface area contributed by atoms with E-state index in [2.05, 4.69) is 10.5 Å². The second kappa shape index (κ2) is 9.57. The Morgan fingerprint density at radius 3 is 1.97 bits per heavy atom. The van der Waals surface area contributed by atoms with E-state index in [1.54, 1.807) is 18.2 Å².